The lowest BCUT2D eigenvalue weighted by Gasteiger charge is -2.29. The second-order valence-electron chi connectivity index (χ2n) is 5.85. The molecule has 1 amide bonds. The van der Waals surface area contributed by atoms with E-state index in [-0.39, 0.29) is 11.7 Å². The van der Waals surface area contributed by atoms with Crippen molar-refractivity contribution in [3.8, 4) is 16.9 Å². The summed E-state index contributed by atoms with van der Waals surface area (Å²) in [5, 5.41) is 0. The summed E-state index contributed by atoms with van der Waals surface area (Å²) in [4.78, 5) is 13.9. The number of halogens is 3. The lowest BCUT2D eigenvalue weighted by atomic mass is 10.00. The highest BCUT2D eigenvalue weighted by Crippen LogP contribution is 2.35. The molecule has 25 heavy (non-hydrogen) atoms. The molecule has 0 atom stereocenters. The molecule has 2 aromatic rings. The number of rotatable bonds is 3. The van der Waals surface area contributed by atoms with Crippen LogP contribution in [-0.4, -0.2) is 18.8 Å². The number of nitrogens with two attached hydrogens (primary N) is 1. The van der Waals surface area contributed by atoms with Crippen LogP contribution in [0.2, 0.25) is 0 Å². The quantitative estimate of drug-likeness (QED) is 0.837. The summed E-state index contributed by atoms with van der Waals surface area (Å²) in [6.45, 7) is 0.616. The third-order valence-corrected chi connectivity index (χ3v) is 4.03. The first kappa shape index (κ1) is 17.1. The molecule has 0 bridgehead atoms. The number of benzene rings is 2. The van der Waals surface area contributed by atoms with E-state index in [2.05, 4.69) is 4.74 Å². The third-order valence-electron chi connectivity index (χ3n) is 4.03. The number of carbonyl (C=O) groups excluding carboxylic acids is 1. The Balaban J connectivity index is 1.96. The third kappa shape index (κ3) is 4.04. The van der Waals surface area contributed by atoms with E-state index in [9.17, 15) is 18.0 Å². The number of alkyl halides is 3. The molecule has 3 rings (SSSR count). The molecule has 1 saturated heterocycles. The van der Waals surface area contributed by atoms with Crippen LogP contribution >= 0.6 is 0 Å². The molecule has 0 unspecified atom stereocenters. The monoisotopic (exact) mass is 350 g/mol. The molecule has 0 aliphatic carbocycles. The number of amides is 1. The van der Waals surface area contributed by atoms with Gasteiger partial charge in [0.05, 0.1) is 5.69 Å². The summed E-state index contributed by atoms with van der Waals surface area (Å²) in [6, 6.07) is 10.7. The summed E-state index contributed by atoms with van der Waals surface area (Å²) in [7, 11) is 0. The van der Waals surface area contributed by atoms with Gasteiger partial charge in [0.15, 0.2) is 0 Å². The van der Waals surface area contributed by atoms with Crippen molar-refractivity contribution in [2.24, 2.45) is 0 Å². The largest absolute Gasteiger partial charge is 0.573 e. The minimum absolute atomic E-state index is 0.0364. The van der Waals surface area contributed by atoms with Crippen molar-refractivity contribution >= 4 is 17.3 Å². The summed E-state index contributed by atoms with van der Waals surface area (Å²) in [6.07, 6.45) is -2.47. The van der Waals surface area contributed by atoms with Crippen LogP contribution in [0.25, 0.3) is 11.1 Å². The molecule has 0 saturated carbocycles. The number of nitrogen functional groups attached to an aromatic ring is 1. The van der Waals surface area contributed by atoms with Gasteiger partial charge in [-0.05, 0) is 48.7 Å². The smallest absolute Gasteiger partial charge is 0.406 e. The fourth-order valence-corrected chi connectivity index (χ4v) is 2.92. The first-order valence-electron chi connectivity index (χ1n) is 7.89. The van der Waals surface area contributed by atoms with Crippen LogP contribution in [0.4, 0.5) is 24.5 Å². The molecular formula is C18H17F3N2O2. The van der Waals surface area contributed by atoms with Crippen molar-refractivity contribution in [1.82, 2.24) is 0 Å². The SMILES string of the molecule is Nc1ccc(N2CCCCC2=O)c(-c2ccc(OC(F)(F)F)cc2)c1. The number of nitrogens with zero attached hydrogens (tertiary/aromatic N) is 1. The van der Waals surface area contributed by atoms with E-state index >= 15 is 0 Å². The molecule has 0 radical (unpaired) electrons. The molecule has 2 aromatic carbocycles. The Hall–Kier alpha value is -2.70. The zero-order valence-corrected chi connectivity index (χ0v) is 13.3. The average Bonchev–Trinajstić information content (AvgIpc) is 2.55. The Bertz CT molecular complexity index is 773. The summed E-state index contributed by atoms with van der Waals surface area (Å²) >= 11 is 0. The van der Waals surface area contributed by atoms with E-state index in [0.29, 0.717) is 35.5 Å². The van der Waals surface area contributed by atoms with E-state index < -0.39 is 6.36 Å². The minimum atomic E-state index is -4.73. The van der Waals surface area contributed by atoms with Gasteiger partial charge < -0.3 is 15.4 Å². The lowest BCUT2D eigenvalue weighted by Crippen LogP contribution is -2.35. The lowest BCUT2D eigenvalue weighted by molar-refractivity contribution is -0.274. The Labute approximate surface area is 143 Å². The molecule has 1 heterocycles. The molecule has 7 heteroatoms. The van der Waals surface area contributed by atoms with E-state index in [1.54, 1.807) is 23.1 Å². The van der Waals surface area contributed by atoms with Gasteiger partial charge >= 0.3 is 6.36 Å². The highest BCUT2D eigenvalue weighted by molar-refractivity contribution is 5.98. The van der Waals surface area contributed by atoms with Gasteiger partial charge in [-0.3, -0.25) is 4.79 Å². The van der Waals surface area contributed by atoms with Gasteiger partial charge in [0.25, 0.3) is 0 Å². The first-order valence-corrected chi connectivity index (χ1v) is 7.89. The number of hydrogen-bond acceptors (Lipinski definition) is 3. The maximum absolute atomic E-state index is 12.3. The second kappa shape index (κ2) is 6.66. The van der Waals surface area contributed by atoms with Gasteiger partial charge in [0, 0.05) is 24.2 Å². The summed E-state index contributed by atoms with van der Waals surface area (Å²) < 4.78 is 40.7. The van der Waals surface area contributed by atoms with Crippen molar-refractivity contribution in [2.75, 3.05) is 17.2 Å². The molecule has 1 fully saturated rings. The molecule has 1 aliphatic heterocycles. The van der Waals surface area contributed by atoms with E-state index in [1.807, 2.05) is 0 Å². The Morgan fingerprint density at radius 3 is 2.40 bits per heavy atom. The predicted octanol–water partition coefficient (Wildman–Crippen LogP) is 4.35. The van der Waals surface area contributed by atoms with Crippen molar-refractivity contribution < 1.29 is 22.7 Å². The van der Waals surface area contributed by atoms with Crippen LogP contribution in [0.15, 0.2) is 42.5 Å². The average molecular weight is 350 g/mol. The number of hydrogen-bond donors (Lipinski definition) is 1. The zero-order chi connectivity index (χ0) is 18.0. The van der Waals surface area contributed by atoms with E-state index in [0.717, 1.165) is 12.8 Å². The molecule has 4 nitrogen and oxygen atoms in total. The van der Waals surface area contributed by atoms with Crippen molar-refractivity contribution in [2.45, 2.75) is 25.6 Å². The Morgan fingerprint density at radius 2 is 1.76 bits per heavy atom. The van der Waals surface area contributed by atoms with Gasteiger partial charge in [-0.15, -0.1) is 13.2 Å². The van der Waals surface area contributed by atoms with Gasteiger partial charge in [0.2, 0.25) is 5.91 Å². The van der Waals surface area contributed by atoms with Crippen LogP contribution < -0.4 is 15.4 Å². The van der Waals surface area contributed by atoms with Crippen molar-refractivity contribution in [3.63, 3.8) is 0 Å². The maximum Gasteiger partial charge on any atom is 0.573 e. The fourth-order valence-electron chi connectivity index (χ4n) is 2.92. The molecule has 0 aromatic heterocycles. The number of carbonyl (C=O) groups is 1. The number of anilines is 2. The summed E-state index contributed by atoms with van der Waals surface area (Å²) in [5.41, 5.74) is 8.45. The van der Waals surface area contributed by atoms with E-state index in [4.69, 9.17) is 5.73 Å². The van der Waals surface area contributed by atoms with Crippen LogP contribution in [0, 0.1) is 0 Å². The van der Waals surface area contributed by atoms with Gasteiger partial charge in [0.1, 0.15) is 5.75 Å². The summed E-state index contributed by atoms with van der Waals surface area (Å²) in [5.74, 6) is -0.259. The highest BCUT2D eigenvalue weighted by Gasteiger charge is 2.31. The van der Waals surface area contributed by atoms with Gasteiger partial charge in [-0.25, -0.2) is 0 Å². The predicted molar refractivity (Wildman–Crippen MR) is 89.2 cm³/mol. The first-order chi connectivity index (χ1) is 11.8. The molecule has 1 aliphatic rings. The minimum Gasteiger partial charge on any atom is -0.406 e. The number of ether oxygens (including phenoxy) is 1. The second-order valence-corrected chi connectivity index (χ2v) is 5.85. The standard InChI is InChI=1S/C18H17F3N2O2/c19-18(20,21)25-14-7-4-12(5-8-14)15-11-13(22)6-9-16(15)23-10-2-1-3-17(23)24/h4-9,11H,1-3,10,22H2. The number of piperidine rings is 1. The van der Waals surface area contributed by atoms with Crippen LogP contribution in [-0.2, 0) is 4.79 Å². The zero-order valence-electron chi connectivity index (χ0n) is 13.3. The molecule has 0 spiro atoms. The van der Waals surface area contributed by atoms with Crippen LogP contribution in [0.3, 0.4) is 0 Å². The maximum atomic E-state index is 12.3. The van der Waals surface area contributed by atoms with Crippen LogP contribution in [0.1, 0.15) is 19.3 Å². The molecular weight excluding hydrogens is 333 g/mol. The van der Waals surface area contributed by atoms with Gasteiger partial charge in [-0.2, -0.15) is 0 Å². The van der Waals surface area contributed by atoms with Crippen molar-refractivity contribution in [3.05, 3.63) is 42.5 Å². The van der Waals surface area contributed by atoms with Gasteiger partial charge in [-0.1, -0.05) is 12.1 Å². The normalized spacial score (nSPS) is 15.3. The van der Waals surface area contributed by atoms with E-state index in [1.165, 1.54) is 24.3 Å². The van der Waals surface area contributed by atoms with Crippen LogP contribution in [0.5, 0.6) is 5.75 Å². The van der Waals surface area contributed by atoms with Crippen molar-refractivity contribution in [1.29, 1.82) is 0 Å². The topological polar surface area (TPSA) is 55.6 Å². The highest BCUT2D eigenvalue weighted by atomic mass is 19.4. The Morgan fingerprint density at radius 1 is 1.04 bits per heavy atom. The Kier molecular flexibility index (Phi) is 4.57. The molecule has 132 valence electrons. The fraction of sp³-hybridized carbons (Fsp3) is 0.278. The molecule has 2 N–H and O–H groups in total.